The number of carboxylic acids is 1. The van der Waals surface area contributed by atoms with Crippen LogP contribution in [0.3, 0.4) is 0 Å². The summed E-state index contributed by atoms with van der Waals surface area (Å²) in [5.74, 6) is -1.04. The number of nitro groups is 1. The molecule has 0 aliphatic rings. The average molecular weight is 232 g/mol. The summed E-state index contributed by atoms with van der Waals surface area (Å²) in [6, 6.07) is 8.93. The fourth-order valence-electron chi connectivity index (χ4n) is 1.45. The van der Waals surface area contributed by atoms with Gasteiger partial charge < -0.3 is 10.1 Å². The summed E-state index contributed by atoms with van der Waals surface area (Å²) in [4.78, 5) is 23.4. The van der Waals surface area contributed by atoms with Gasteiger partial charge >= 0.3 is 5.97 Å². The summed E-state index contributed by atoms with van der Waals surface area (Å²) in [6.07, 6.45) is 0. The van der Waals surface area contributed by atoms with Gasteiger partial charge in [0.25, 0.3) is 5.69 Å². The molecule has 6 heteroatoms. The largest absolute Gasteiger partial charge is 0.477 e. The van der Waals surface area contributed by atoms with Crippen LogP contribution >= 0.6 is 0 Å². The van der Waals surface area contributed by atoms with Crippen LogP contribution < -0.4 is 0 Å². The first-order valence-corrected chi connectivity index (χ1v) is 4.75. The Morgan fingerprint density at radius 2 is 1.82 bits per heavy atom. The number of rotatable bonds is 3. The van der Waals surface area contributed by atoms with Gasteiger partial charge in [0.2, 0.25) is 0 Å². The van der Waals surface area contributed by atoms with E-state index in [1.54, 1.807) is 18.2 Å². The number of hydrogen-bond donors (Lipinski definition) is 2. The second-order valence-electron chi connectivity index (χ2n) is 3.39. The van der Waals surface area contributed by atoms with Crippen LogP contribution in [0.2, 0.25) is 0 Å². The molecule has 0 spiro atoms. The molecule has 1 heterocycles. The Morgan fingerprint density at radius 1 is 1.18 bits per heavy atom. The van der Waals surface area contributed by atoms with Crippen molar-refractivity contribution in [3.8, 4) is 11.3 Å². The molecule has 1 aromatic heterocycles. The molecular formula is C11H8N2O4. The molecule has 0 amide bonds. The monoisotopic (exact) mass is 232 g/mol. The molecule has 0 saturated carbocycles. The van der Waals surface area contributed by atoms with Gasteiger partial charge in [-0.3, -0.25) is 10.1 Å². The lowest BCUT2D eigenvalue weighted by Crippen LogP contribution is -1.95. The Morgan fingerprint density at radius 3 is 2.29 bits per heavy atom. The average Bonchev–Trinajstić information content (AvgIpc) is 2.78. The number of aromatic carboxylic acids is 1. The lowest BCUT2D eigenvalue weighted by Gasteiger charge is -1.97. The van der Waals surface area contributed by atoms with Gasteiger partial charge in [-0.15, -0.1) is 0 Å². The number of carboxylic acid groups (broad SMARTS) is 1. The summed E-state index contributed by atoms with van der Waals surface area (Å²) in [5, 5.41) is 19.2. The van der Waals surface area contributed by atoms with Gasteiger partial charge in [-0.05, 0) is 29.8 Å². The van der Waals surface area contributed by atoms with Crippen LogP contribution in [-0.2, 0) is 0 Å². The molecule has 2 aromatic rings. The van der Waals surface area contributed by atoms with Crippen LogP contribution in [0.15, 0.2) is 36.4 Å². The molecule has 2 N–H and O–H groups in total. The van der Waals surface area contributed by atoms with E-state index in [2.05, 4.69) is 4.98 Å². The fraction of sp³-hybridized carbons (Fsp3) is 0. The van der Waals surface area contributed by atoms with Gasteiger partial charge in [-0.2, -0.15) is 0 Å². The Kier molecular flexibility index (Phi) is 2.61. The van der Waals surface area contributed by atoms with E-state index in [0.717, 1.165) is 0 Å². The van der Waals surface area contributed by atoms with E-state index in [0.29, 0.717) is 11.3 Å². The highest BCUT2D eigenvalue weighted by Gasteiger charge is 2.09. The highest BCUT2D eigenvalue weighted by atomic mass is 16.6. The van der Waals surface area contributed by atoms with Crippen molar-refractivity contribution < 1.29 is 14.8 Å². The molecule has 0 aliphatic carbocycles. The molecule has 2 rings (SSSR count). The van der Waals surface area contributed by atoms with Crippen molar-refractivity contribution in [2.24, 2.45) is 0 Å². The van der Waals surface area contributed by atoms with E-state index in [1.165, 1.54) is 18.2 Å². The number of nitro benzene ring substituents is 1. The third kappa shape index (κ3) is 2.15. The van der Waals surface area contributed by atoms with Gasteiger partial charge in [-0.1, -0.05) is 0 Å². The van der Waals surface area contributed by atoms with E-state index >= 15 is 0 Å². The minimum atomic E-state index is -1.04. The minimum absolute atomic E-state index is 0.00114. The van der Waals surface area contributed by atoms with Crippen molar-refractivity contribution >= 4 is 11.7 Å². The number of H-pyrrole nitrogens is 1. The second kappa shape index (κ2) is 4.09. The van der Waals surface area contributed by atoms with Crippen LogP contribution in [0, 0.1) is 10.1 Å². The highest BCUT2D eigenvalue weighted by Crippen LogP contribution is 2.21. The molecule has 1 aromatic carbocycles. The number of aromatic nitrogens is 1. The Balaban J connectivity index is 2.33. The van der Waals surface area contributed by atoms with Crippen molar-refractivity contribution in [1.82, 2.24) is 4.98 Å². The van der Waals surface area contributed by atoms with Crippen LogP contribution in [0.5, 0.6) is 0 Å². The number of aromatic amines is 1. The Hall–Kier alpha value is -2.63. The maximum Gasteiger partial charge on any atom is 0.352 e. The van der Waals surface area contributed by atoms with E-state index < -0.39 is 10.9 Å². The van der Waals surface area contributed by atoms with Crippen LogP contribution in [-0.4, -0.2) is 21.0 Å². The number of nitrogens with zero attached hydrogens (tertiary/aromatic N) is 1. The lowest BCUT2D eigenvalue weighted by molar-refractivity contribution is -0.384. The number of carbonyl (C=O) groups is 1. The van der Waals surface area contributed by atoms with Crippen LogP contribution in [0.4, 0.5) is 5.69 Å². The molecular weight excluding hydrogens is 224 g/mol. The third-order valence-corrected chi connectivity index (χ3v) is 2.31. The molecule has 0 unspecified atom stereocenters. The second-order valence-corrected chi connectivity index (χ2v) is 3.39. The predicted molar refractivity (Wildman–Crippen MR) is 59.8 cm³/mol. The molecule has 0 radical (unpaired) electrons. The molecule has 0 bridgehead atoms. The molecule has 0 fully saturated rings. The van der Waals surface area contributed by atoms with Crippen LogP contribution in [0.1, 0.15) is 10.5 Å². The van der Waals surface area contributed by atoms with Gasteiger partial charge in [0, 0.05) is 17.8 Å². The number of non-ortho nitro benzene ring substituents is 1. The van der Waals surface area contributed by atoms with Crippen molar-refractivity contribution in [3.05, 3.63) is 52.2 Å². The molecule has 0 atom stereocenters. The molecule has 0 saturated heterocycles. The predicted octanol–water partition coefficient (Wildman–Crippen LogP) is 2.29. The van der Waals surface area contributed by atoms with Gasteiger partial charge in [0.1, 0.15) is 5.69 Å². The summed E-state index contributed by atoms with van der Waals surface area (Å²) in [7, 11) is 0. The molecule has 0 aliphatic heterocycles. The summed E-state index contributed by atoms with van der Waals surface area (Å²) >= 11 is 0. The Bertz CT molecular complexity index is 571. The molecule has 86 valence electrons. The third-order valence-electron chi connectivity index (χ3n) is 2.31. The fourth-order valence-corrected chi connectivity index (χ4v) is 1.45. The summed E-state index contributed by atoms with van der Waals surface area (Å²) in [5.41, 5.74) is 1.39. The number of benzene rings is 1. The standard InChI is InChI=1S/C11H8N2O4/c14-11(15)10-6-5-9(12-10)7-1-3-8(4-2-7)13(16)17/h1-6,12H,(H,14,15). The normalized spacial score (nSPS) is 10.1. The van der Waals surface area contributed by atoms with E-state index in [9.17, 15) is 14.9 Å². The van der Waals surface area contributed by atoms with E-state index in [1.807, 2.05) is 0 Å². The van der Waals surface area contributed by atoms with Crippen LogP contribution in [0.25, 0.3) is 11.3 Å². The topological polar surface area (TPSA) is 96.2 Å². The molecule has 17 heavy (non-hydrogen) atoms. The summed E-state index contributed by atoms with van der Waals surface area (Å²) in [6.45, 7) is 0. The summed E-state index contributed by atoms with van der Waals surface area (Å²) < 4.78 is 0. The quantitative estimate of drug-likeness (QED) is 0.626. The highest BCUT2D eigenvalue weighted by molar-refractivity contribution is 5.86. The van der Waals surface area contributed by atoms with Crippen molar-refractivity contribution in [1.29, 1.82) is 0 Å². The zero-order valence-electron chi connectivity index (χ0n) is 8.58. The first kappa shape index (κ1) is 10.9. The maximum atomic E-state index is 10.7. The zero-order chi connectivity index (χ0) is 12.4. The minimum Gasteiger partial charge on any atom is -0.477 e. The first-order chi connectivity index (χ1) is 8.08. The van der Waals surface area contributed by atoms with Gasteiger partial charge in [0.05, 0.1) is 4.92 Å². The van der Waals surface area contributed by atoms with Crippen molar-refractivity contribution in [2.45, 2.75) is 0 Å². The molecule has 6 nitrogen and oxygen atoms in total. The number of nitrogens with one attached hydrogen (secondary N) is 1. The first-order valence-electron chi connectivity index (χ1n) is 4.75. The number of hydrogen-bond acceptors (Lipinski definition) is 3. The van der Waals surface area contributed by atoms with E-state index in [4.69, 9.17) is 5.11 Å². The van der Waals surface area contributed by atoms with Crippen molar-refractivity contribution in [3.63, 3.8) is 0 Å². The maximum absolute atomic E-state index is 10.7. The van der Waals surface area contributed by atoms with Gasteiger partial charge in [-0.25, -0.2) is 4.79 Å². The van der Waals surface area contributed by atoms with Crippen molar-refractivity contribution in [2.75, 3.05) is 0 Å². The Labute approximate surface area is 95.7 Å². The SMILES string of the molecule is O=C(O)c1ccc(-c2ccc([N+](=O)[O-])cc2)[nH]1. The van der Waals surface area contributed by atoms with Gasteiger partial charge in [0.15, 0.2) is 0 Å². The van der Waals surface area contributed by atoms with E-state index in [-0.39, 0.29) is 11.4 Å². The smallest absolute Gasteiger partial charge is 0.352 e. The zero-order valence-corrected chi connectivity index (χ0v) is 8.58. The lowest BCUT2D eigenvalue weighted by atomic mass is 10.1.